The van der Waals surface area contributed by atoms with Gasteiger partial charge in [-0.15, -0.1) is 11.8 Å². The summed E-state index contributed by atoms with van der Waals surface area (Å²) in [7, 11) is 0. The highest BCUT2D eigenvalue weighted by molar-refractivity contribution is 8.00. The summed E-state index contributed by atoms with van der Waals surface area (Å²) in [5.74, 6) is -0.899. The molecule has 1 atom stereocenters. The fourth-order valence-electron chi connectivity index (χ4n) is 3.50. The third-order valence-corrected chi connectivity index (χ3v) is 5.98. The molecule has 1 aromatic rings. The monoisotopic (exact) mass is 349 g/mol. The summed E-state index contributed by atoms with van der Waals surface area (Å²) in [5, 5.41) is 8.54. The Morgan fingerprint density at radius 2 is 2.00 bits per heavy atom. The fraction of sp³-hybridized carbons (Fsp3) is 0.556. The molecule has 1 heterocycles. The van der Waals surface area contributed by atoms with Gasteiger partial charge in [0.1, 0.15) is 5.25 Å². The molecule has 1 aliphatic heterocycles. The van der Waals surface area contributed by atoms with Gasteiger partial charge in [0.05, 0.1) is 24.3 Å². The van der Waals surface area contributed by atoms with Crippen LogP contribution in [0.15, 0.2) is 29.2 Å². The van der Waals surface area contributed by atoms with Gasteiger partial charge < -0.3 is 14.7 Å². The lowest BCUT2D eigenvalue weighted by Gasteiger charge is -2.40. The van der Waals surface area contributed by atoms with Gasteiger partial charge in [-0.2, -0.15) is 0 Å². The van der Waals surface area contributed by atoms with Crippen LogP contribution >= 0.6 is 11.8 Å². The van der Waals surface area contributed by atoms with Crippen LogP contribution in [0.3, 0.4) is 0 Å². The summed E-state index contributed by atoms with van der Waals surface area (Å²) >= 11 is 1.22. The number of hydrogen-bond acceptors (Lipinski definition) is 4. The molecule has 0 bridgehead atoms. The van der Waals surface area contributed by atoms with Crippen molar-refractivity contribution in [1.29, 1.82) is 0 Å². The Morgan fingerprint density at radius 1 is 1.29 bits per heavy atom. The Bertz CT molecular complexity index is 627. The molecule has 1 amide bonds. The quantitative estimate of drug-likeness (QED) is 0.846. The maximum atomic E-state index is 13.0. The third-order valence-electron chi connectivity index (χ3n) is 4.82. The van der Waals surface area contributed by atoms with E-state index in [1.54, 1.807) is 13.0 Å². The first-order chi connectivity index (χ1) is 11.5. The number of morpholine rings is 1. The van der Waals surface area contributed by atoms with E-state index < -0.39 is 11.2 Å². The number of aliphatic carboxylic acids is 1. The molecular weight excluding hydrogens is 326 g/mol. The summed E-state index contributed by atoms with van der Waals surface area (Å²) in [6.45, 7) is 3.44. The number of nitrogens with zero attached hydrogens (tertiary/aromatic N) is 1. The van der Waals surface area contributed by atoms with Crippen molar-refractivity contribution >= 4 is 23.6 Å². The Balaban J connectivity index is 1.78. The van der Waals surface area contributed by atoms with Crippen LogP contribution in [0.4, 0.5) is 0 Å². The van der Waals surface area contributed by atoms with Crippen LogP contribution in [-0.4, -0.2) is 52.4 Å². The molecule has 1 N–H and O–H groups in total. The largest absolute Gasteiger partial charge is 0.480 e. The number of amides is 1. The molecule has 0 radical (unpaired) electrons. The molecule has 1 spiro atoms. The molecule has 1 saturated carbocycles. The van der Waals surface area contributed by atoms with Crippen molar-refractivity contribution in [3.05, 3.63) is 29.8 Å². The lowest BCUT2D eigenvalue weighted by molar-refractivity contribution is -0.136. The Morgan fingerprint density at radius 3 is 2.71 bits per heavy atom. The van der Waals surface area contributed by atoms with Crippen LogP contribution in [-0.2, 0) is 9.53 Å². The molecule has 1 unspecified atom stereocenters. The van der Waals surface area contributed by atoms with Crippen LogP contribution < -0.4 is 0 Å². The first-order valence-corrected chi connectivity index (χ1v) is 9.30. The van der Waals surface area contributed by atoms with Crippen LogP contribution in [0, 0.1) is 0 Å². The van der Waals surface area contributed by atoms with Crippen molar-refractivity contribution in [1.82, 2.24) is 4.90 Å². The zero-order chi connectivity index (χ0) is 17.2. The van der Waals surface area contributed by atoms with Gasteiger partial charge in [0.25, 0.3) is 5.91 Å². The molecular formula is C18H23NO4S. The number of ether oxygens (including phenoxy) is 1. The minimum atomic E-state index is -0.876. The Kier molecular flexibility index (Phi) is 5.15. The molecule has 1 saturated heterocycles. The second-order valence-corrected chi connectivity index (χ2v) is 7.94. The predicted octanol–water partition coefficient (Wildman–Crippen LogP) is 3.04. The highest BCUT2D eigenvalue weighted by atomic mass is 32.2. The topological polar surface area (TPSA) is 66.8 Å². The van der Waals surface area contributed by atoms with E-state index >= 15 is 0 Å². The highest BCUT2D eigenvalue weighted by Gasteiger charge is 2.41. The second kappa shape index (κ2) is 7.15. The molecule has 2 aliphatic rings. The molecule has 1 aliphatic carbocycles. The molecule has 24 heavy (non-hydrogen) atoms. The summed E-state index contributed by atoms with van der Waals surface area (Å²) in [6.07, 6.45) is 4.35. The zero-order valence-electron chi connectivity index (χ0n) is 13.9. The van der Waals surface area contributed by atoms with Crippen molar-refractivity contribution in [3.8, 4) is 0 Å². The van der Waals surface area contributed by atoms with Crippen molar-refractivity contribution in [2.24, 2.45) is 0 Å². The third kappa shape index (κ3) is 3.59. The van der Waals surface area contributed by atoms with Gasteiger partial charge in [-0.25, -0.2) is 0 Å². The number of rotatable bonds is 4. The van der Waals surface area contributed by atoms with Gasteiger partial charge in [0.2, 0.25) is 0 Å². The number of carboxylic acid groups (broad SMARTS) is 1. The van der Waals surface area contributed by atoms with E-state index in [0.717, 1.165) is 30.6 Å². The van der Waals surface area contributed by atoms with E-state index in [0.29, 0.717) is 25.3 Å². The summed E-state index contributed by atoms with van der Waals surface area (Å²) in [6, 6.07) is 7.28. The normalized spacial score (nSPS) is 21.0. The minimum absolute atomic E-state index is 0.0229. The van der Waals surface area contributed by atoms with Gasteiger partial charge >= 0.3 is 5.97 Å². The summed E-state index contributed by atoms with van der Waals surface area (Å²) < 4.78 is 5.99. The fourth-order valence-corrected chi connectivity index (χ4v) is 4.42. The number of carboxylic acids is 1. The minimum Gasteiger partial charge on any atom is -0.480 e. The number of thioether (sulfide) groups is 1. The molecule has 2 fully saturated rings. The summed E-state index contributed by atoms with van der Waals surface area (Å²) in [4.78, 5) is 26.7. The lowest BCUT2D eigenvalue weighted by Crippen LogP contribution is -2.52. The van der Waals surface area contributed by atoms with E-state index in [9.17, 15) is 9.59 Å². The van der Waals surface area contributed by atoms with Gasteiger partial charge in [0, 0.05) is 11.4 Å². The van der Waals surface area contributed by atoms with Crippen LogP contribution in [0.5, 0.6) is 0 Å². The first-order valence-electron chi connectivity index (χ1n) is 8.42. The smallest absolute Gasteiger partial charge is 0.316 e. The van der Waals surface area contributed by atoms with E-state index in [2.05, 4.69) is 0 Å². The molecule has 5 nitrogen and oxygen atoms in total. The van der Waals surface area contributed by atoms with Gasteiger partial charge in [-0.1, -0.05) is 25.0 Å². The first kappa shape index (κ1) is 17.3. The number of carbonyl (C=O) groups is 2. The van der Waals surface area contributed by atoms with Gasteiger partial charge in [0.15, 0.2) is 0 Å². The van der Waals surface area contributed by atoms with E-state index in [-0.39, 0.29) is 11.5 Å². The van der Waals surface area contributed by atoms with Gasteiger partial charge in [-0.3, -0.25) is 9.59 Å². The van der Waals surface area contributed by atoms with Gasteiger partial charge in [-0.05, 0) is 31.9 Å². The van der Waals surface area contributed by atoms with E-state index in [1.165, 1.54) is 11.8 Å². The molecule has 1 aromatic carbocycles. The van der Waals surface area contributed by atoms with Crippen LogP contribution in [0.25, 0.3) is 0 Å². The van der Waals surface area contributed by atoms with Crippen LogP contribution in [0.1, 0.15) is 43.0 Å². The molecule has 6 heteroatoms. The van der Waals surface area contributed by atoms with Crippen molar-refractivity contribution in [2.45, 2.75) is 48.4 Å². The zero-order valence-corrected chi connectivity index (χ0v) is 14.7. The maximum absolute atomic E-state index is 13.0. The predicted molar refractivity (Wildman–Crippen MR) is 92.5 cm³/mol. The second-order valence-electron chi connectivity index (χ2n) is 6.56. The van der Waals surface area contributed by atoms with E-state index in [1.807, 2.05) is 23.1 Å². The average Bonchev–Trinajstić information content (AvgIpc) is 3.02. The molecule has 0 aromatic heterocycles. The number of carbonyl (C=O) groups excluding carboxylic acids is 1. The standard InChI is InChI=1S/C18H23NO4S/c1-13(17(21)22)24-15-7-3-2-6-14(15)16(20)19-10-11-23-18(12-19)8-4-5-9-18/h2-3,6-7,13H,4-5,8-12H2,1H3,(H,21,22). The van der Waals surface area contributed by atoms with E-state index in [4.69, 9.17) is 9.84 Å². The molecule has 3 rings (SSSR count). The SMILES string of the molecule is CC(Sc1ccccc1C(=O)N1CCOC2(CCCC2)C1)C(=O)O. The number of benzene rings is 1. The Hall–Kier alpha value is -1.53. The van der Waals surface area contributed by atoms with Crippen molar-refractivity contribution in [3.63, 3.8) is 0 Å². The number of hydrogen-bond donors (Lipinski definition) is 1. The van der Waals surface area contributed by atoms with Crippen LogP contribution in [0.2, 0.25) is 0 Å². The lowest BCUT2D eigenvalue weighted by atomic mass is 9.99. The average molecular weight is 349 g/mol. The molecule has 130 valence electrons. The van der Waals surface area contributed by atoms with Crippen molar-refractivity contribution in [2.75, 3.05) is 19.7 Å². The summed E-state index contributed by atoms with van der Waals surface area (Å²) in [5.41, 5.74) is 0.426. The Labute approximate surface area is 146 Å². The maximum Gasteiger partial charge on any atom is 0.316 e. The van der Waals surface area contributed by atoms with Crippen molar-refractivity contribution < 1.29 is 19.4 Å². The highest BCUT2D eigenvalue weighted by Crippen LogP contribution is 2.37.